The normalized spacial score (nSPS) is 22.5. The van der Waals surface area contributed by atoms with Crippen molar-refractivity contribution in [1.29, 1.82) is 0 Å². The van der Waals surface area contributed by atoms with Crippen LogP contribution in [0.25, 0.3) is 0 Å². The Bertz CT molecular complexity index is 184. The van der Waals surface area contributed by atoms with Crippen LogP contribution in [0, 0.1) is 0 Å². The highest BCUT2D eigenvalue weighted by Gasteiger charge is 2.52. The molecule has 1 rings (SSSR count). The molecule has 1 aliphatic rings. The van der Waals surface area contributed by atoms with Gasteiger partial charge in [0.25, 0.3) is 0 Å². The van der Waals surface area contributed by atoms with Gasteiger partial charge in [0.05, 0.1) is 0 Å². The summed E-state index contributed by atoms with van der Waals surface area (Å²) in [5, 5.41) is 0. The lowest BCUT2D eigenvalue weighted by molar-refractivity contribution is 0.0465. The Hall–Kier alpha value is 0.0569. The average molecular weight is 246 g/mol. The van der Waals surface area contributed by atoms with Gasteiger partial charge in [0.15, 0.2) is 0 Å². The molecule has 0 saturated carbocycles. The summed E-state index contributed by atoms with van der Waals surface area (Å²) in [6, 6.07) is 0. The van der Waals surface area contributed by atoms with E-state index in [0.717, 1.165) is 39.4 Å². The largest absolute Gasteiger partial charge is 0.522 e. The SMILES string of the molecule is CCO[Si]1(OCC)N(CC)CCCN1CC. The molecule has 0 aromatic heterocycles. The summed E-state index contributed by atoms with van der Waals surface area (Å²) in [4.78, 5) is 0. The minimum Gasteiger partial charge on any atom is -0.371 e. The van der Waals surface area contributed by atoms with Gasteiger partial charge in [-0.1, -0.05) is 13.8 Å². The van der Waals surface area contributed by atoms with Crippen molar-refractivity contribution in [3.05, 3.63) is 0 Å². The maximum atomic E-state index is 6.09. The molecular weight excluding hydrogens is 220 g/mol. The summed E-state index contributed by atoms with van der Waals surface area (Å²) in [6.45, 7) is 14.2. The third-order valence-electron chi connectivity index (χ3n) is 3.08. The molecule has 0 spiro atoms. The molecule has 0 aromatic rings. The van der Waals surface area contributed by atoms with E-state index < -0.39 is 8.88 Å². The van der Waals surface area contributed by atoms with E-state index in [2.05, 4.69) is 36.8 Å². The third-order valence-corrected chi connectivity index (χ3v) is 7.09. The van der Waals surface area contributed by atoms with Gasteiger partial charge in [0, 0.05) is 13.2 Å². The molecule has 0 aliphatic carbocycles. The van der Waals surface area contributed by atoms with Crippen LogP contribution in [0.2, 0.25) is 0 Å². The highest BCUT2D eigenvalue weighted by molar-refractivity contribution is 6.61. The summed E-state index contributed by atoms with van der Waals surface area (Å²) < 4.78 is 17.0. The van der Waals surface area contributed by atoms with Gasteiger partial charge >= 0.3 is 8.88 Å². The molecule has 0 radical (unpaired) electrons. The molecule has 1 heterocycles. The highest BCUT2D eigenvalue weighted by Crippen LogP contribution is 2.23. The average Bonchev–Trinajstić information content (AvgIpc) is 2.30. The van der Waals surface area contributed by atoms with E-state index in [9.17, 15) is 0 Å². The minimum absolute atomic E-state index is 0.735. The zero-order valence-electron chi connectivity index (χ0n) is 11.2. The Balaban J connectivity index is 2.90. The maximum absolute atomic E-state index is 6.09. The Morgan fingerprint density at radius 3 is 1.62 bits per heavy atom. The van der Waals surface area contributed by atoms with E-state index in [1.807, 2.05) is 0 Å². The molecule has 0 N–H and O–H groups in total. The highest BCUT2D eigenvalue weighted by atomic mass is 28.4. The number of hydrogen-bond acceptors (Lipinski definition) is 4. The van der Waals surface area contributed by atoms with Gasteiger partial charge in [-0.05, 0) is 46.4 Å². The summed E-state index contributed by atoms with van der Waals surface area (Å²) >= 11 is 0. The van der Waals surface area contributed by atoms with Crippen molar-refractivity contribution < 1.29 is 8.85 Å². The molecule has 0 unspecified atom stereocenters. The molecular formula is C11H26N2O2Si. The first-order chi connectivity index (χ1) is 7.75. The maximum Gasteiger partial charge on any atom is 0.522 e. The zero-order chi connectivity index (χ0) is 12.0. The first-order valence-corrected chi connectivity index (χ1v) is 8.24. The van der Waals surface area contributed by atoms with E-state index in [1.54, 1.807) is 0 Å². The lowest BCUT2D eigenvalue weighted by Gasteiger charge is -2.48. The van der Waals surface area contributed by atoms with Crippen molar-refractivity contribution in [3.63, 3.8) is 0 Å². The van der Waals surface area contributed by atoms with E-state index >= 15 is 0 Å². The van der Waals surface area contributed by atoms with Crippen molar-refractivity contribution in [2.75, 3.05) is 39.4 Å². The second-order valence-corrected chi connectivity index (χ2v) is 6.87. The fourth-order valence-corrected chi connectivity index (χ4v) is 6.08. The van der Waals surface area contributed by atoms with Crippen LogP contribution in [-0.2, 0) is 8.85 Å². The standard InChI is InChI=1S/C11H26N2O2Si/c1-5-12-10-9-11-13(6-2)16(12,14-7-3)15-8-4/h5-11H2,1-4H3. The molecule has 0 atom stereocenters. The van der Waals surface area contributed by atoms with Gasteiger partial charge in [0.2, 0.25) is 0 Å². The smallest absolute Gasteiger partial charge is 0.371 e. The summed E-state index contributed by atoms with van der Waals surface area (Å²) in [5.74, 6) is 0. The number of nitrogens with zero attached hydrogens (tertiary/aromatic N) is 2. The Kier molecular flexibility index (Phi) is 5.92. The quantitative estimate of drug-likeness (QED) is 0.664. The molecule has 0 aromatic carbocycles. The molecule has 0 bridgehead atoms. The van der Waals surface area contributed by atoms with Crippen LogP contribution >= 0.6 is 0 Å². The minimum atomic E-state index is -2.27. The molecule has 96 valence electrons. The Labute approximate surface area is 101 Å². The summed E-state index contributed by atoms with van der Waals surface area (Å²) in [6.07, 6.45) is 1.22. The van der Waals surface area contributed by atoms with Crippen molar-refractivity contribution in [2.45, 2.75) is 34.1 Å². The fourth-order valence-electron chi connectivity index (χ4n) is 2.43. The predicted molar refractivity (Wildman–Crippen MR) is 68.1 cm³/mol. The number of hydrogen-bond donors (Lipinski definition) is 0. The monoisotopic (exact) mass is 246 g/mol. The molecule has 5 heteroatoms. The van der Waals surface area contributed by atoms with E-state index in [-0.39, 0.29) is 0 Å². The van der Waals surface area contributed by atoms with Crippen LogP contribution in [0.4, 0.5) is 0 Å². The topological polar surface area (TPSA) is 24.9 Å². The predicted octanol–water partition coefficient (Wildman–Crippen LogP) is 1.54. The first-order valence-electron chi connectivity index (χ1n) is 6.53. The Morgan fingerprint density at radius 2 is 1.31 bits per heavy atom. The van der Waals surface area contributed by atoms with Crippen LogP contribution < -0.4 is 0 Å². The van der Waals surface area contributed by atoms with Gasteiger partial charge in [-0.15, -0.1) is 0 Å². The second kappa shape index (κ2) is 6.71. The van der Waals surface area contributed by atoms with Gasteiger partial charge < -0.3 is 8.85 Å². The van der Waals surface area contributed by atoms with Crippen LogP contribution in [0.3, 0.4) is 0 Å². The van der Waals surface area contributed by atoms with Crippen LogP contribution in [-0.4, -0.2) is 57.4 Å². The summed E-state index contributed by atoms with van der Waals surface area (Å²) in [7, 11) is -2.27. The first kappa shape index (κ1) is 14.1. The molecule has 1 aliphatic heterocycles. The molecule has 0 amide bonds. The van der Waals surface area contributed by atoms with Crippen molar-refractivity contribution in [2.24, 2.45) is 0 Å². The van der Waals surface area contributed by atoms with Crippen LogP contribution in [0.1, 0.15) is 34.1 Å². The van der Waals surface area contributed by atoms with Gasteiger partial charge in [0.1, 0.15) is 0 Å². The summed E-state index contributed by atoms with van der Waals surface area (Å²) in [5.41, 5.74) is 0. The molecule has 16 heavy (non-hydrogen) atoms. The van der Waals surface area contributed by atoms with Crippen molar-refractivity contribution in [1.82, 2.24) is 9.13 Å². The van der Waals surface area contributed by atoms with E-state index in [0.29, 0.717) is 0 Å². The van der Waals surface area contributed by atoms with Gasteiger partial charge in [-0.25, -0.2) is 0 Å². The fraction of sp³-hybridized carbons (Fsp3) is 1.00. The van der Waals surface area contributed by atoms with Gasteiger partial charge in [-0.3, -0.25) is 9.13 Å². The lowest BCUT2D eigenvalue weighted by Crippen LogP contribution is -2.72. The molecule has 1 saturated heterocycles. The van der Waals surface area contributed by atoms with Crippen LogP contribution in [0.5, 0.6) is 0 Å². The molecule has 4 nitrogen and oxygen atoms in total. The zero-order valence-corrected chi connectivity index (χ0v) is 12.2. The van der Waals surface area contributed by atoms with E-state index in [4.69, 9.17) is 8.85 Å². The van der Waals surface area contributed by atoms with Gasteiger partial charge in [-0.2, -0.15) is 0 Å². The third kappa shape index (κ3) is 2.65. The number of rotatable bonds is 6. The Morgan fingerprint density at radius 1 is 0.875 bits per heavy atom. The van der Waals surface area contributed by atoms with E-state index in [1.165, 1.54) is 6.42 Å². The van der Waals surface area contributed by atoms with Crippen LogP contribution in [0.15, 0.2) is 0 Å². The lowest BCUT2D eigenvalue weighted by atomic mass is 10.4. The van der Waals surface area contributed by atoms with Crippen molar-refractivity contribution in [3.8, 4) is 0 Å². The molecule has 1 fully saturated rings. The second-order valence-electron chi connectivity index (χ2n) is 3.93. The van der Waals surface area contributed by atoms with Crippen molar-refractivity contribution >= 4 is 8.88 Å².